The topological polar surface area (TPSA) is 66.5 Å². The van der Waals surface area contributed by atoms with Crippen LogP contribution in [0, 0.1) is 6.92 Å². The predicted molar refractivity (Wildman–Crippen MR) is 91.6 cm³/mol. The quantitative estimate of drug-likeness (QED) is 0.598. The molecule has 0 radical (unpaired) electrons. The number of anilines is 2. The minimum atomic E-state index is 0.672. The van der Waals surface area contributed by atoms with Crippen LogP contribution in [0.4, 0.5) is 11.5 Å². The SMILES string of the molecule is Cc1ccc(Nc2n[nH]c3nnccc23)cc1-c1ccccc1. The molecule has 2 heterocycles. The maximum absolute atomic E-state index is 4.28. The molecule has 0 spiro atoms. The van der Waals surface area contributed by atoms with E-state index in [1.165, 1.54) is 16.7 Å². The summed E-state index contributed by atoms with van der Waals surface area (Å²) >= 11 is 0. The van der Waals surface area contributed by atoms with Crippen LogP contribution in [0.3, 0.4) is 0 Å². The van der Waals surface area contributed by atoms with E-state index in [4.69, 9.17) is 0 Å². The van der Waals surface area contributed by atoms with Crippen LogP contribution in [0.15, 0.2) is 60.8 Å². The molecule has 0 fully saturated rings. The summed E-state index contributed by atoms with van der Waals surface area (Å²) in [6, 6.07) is 18.6. The first-order valence-electron chi connectivity index (χ1n) is 7.40. The van der Waals surface area contributed by atoms with Crippen molar-refractivity contribution < 1.29 is 0 Å². The van der Waals surface area contributed by atoms with Gasteiger partial charge in [0.1, 0.15) is 0 Å². The van der Waals surface area contributed by atoms with E-state index in [2.05, 4.69) is 75.1 Å². The molecule has 0 aliphatic heterocycles. The van der Waals surface area contributed by atoms with E-state index in [9.17, 15) is 0 Å². The fraction of sp³-hybridized carbons (Fsp3) is 0.0556. The van der Waals surface area contributed by atoms with Gasteiger partial charge < -0.3 is 5.32 Å². The average molecular weight is 301 g/mol. The molecular formula is C18H15N5. The van der Waals surface area contributed by atoms with Crippen LogP contribution < -0.4 is 5.32 Å². The van der Waals surface area contributed by atoms with Crippen molar-refractivity contribution in [2.24, 2.45) is 0 Å². The molecule has 2 aromatic heterocycles. The smallest absolute Gasteiger partial charge is 0.180 e. The van der Waals surface area contributed by atoms with Gasteiger partial charge in [-0.3, -0.25) is 5.10 Å². The number of hydrogen-bond donors (Lipinski definition) is 2. The lowest BCUT2D eigenvalue weighted by Crippen LogP contribution is -1.93. The Hall–Kier alpha value is -3.21. The van der Waals surface area contributed by atoms with E-state index in [1.807, 2.05) is 12.1 Å². The van der Waals surface area contributed by atoms with Crippen molar-refractivity contribution in [1.29, 1.82) is 0 Å². The fourth-order valence-corrected chi connectivity index (χ4v) is 2.63. The summed E-state index contributed by atoms with van der Waals surface area (Å²) in [6.45, 7) is 2.12. The molecule has 0 bridgehead atoms. The molecule has 5 nitrogen and oxygen atoms in total. The van der Waals surface area contributed by atoms with Gasteiger partial charge in [0.2, 0.25) is 0 Å². The van der Waals surface area contributed by atoms with Crippen LogP contribution in [0.25, 0.3) is 22.2 Å². The lowest BCUT2D eigenvalue weighted by Gasteiger charge is -2.10. The van der Waals surface area contributed by atoms with Crippen LogP contribution in [0.5, 0.6) is 0 Å². The summed E-state index contributed by atoms with van der Waals surface area (Å²) in [5, 5.41) is 19.3. The molecule has 0 amide bonds. The van der Waals surface area contributed by atoms with Gasteiger partial charge in [-0.1, -0.05) is 36.4 Å². The monoisotopic (exact) mass is 301 g/mol. The lowest BCUT2D eigenvalue weighted by atomic mass is 10.00. The van der Waals surface area contributed by atoms with Crippen LogP contribution in [0.1, 0.15) is 5.56 Å². The highest BCUT2D eigenvalue weighted by atomic mass is 15.2. The number of hydrogen-bond acceptors (Lipinski definition) is 4. The van der Waals surface area contributed by atoms with Crippen LogP contribution >= 0.6 is 0 Å². The summed E-state index contributed by atoms with van der Waals surface area (Å²) in [5.41, 5.74) is 5.30. The minimum Gasteiger partial charge on any atom is -0.338 e. The van der Waals surface area contributed by atoms with Gasteiger partial charge in [0.15, 0.2) is 11.5 Å². The molecule has 4 rings (SSSR count). The minimum absolute atomic E-state index is 0.672. The number of H-pyrrole nitrogens is 1. The number of aryl methyl sites for hydroxylation is 1. The number of aromatic amines is 1. The van der Waals surface area contributed by atoms with Gasteiger partial charge in [0.25, 0.3) is 0 Å². The van der Waals surface area contributed by atoms with Gasteiger partial charge in [-0.2, -0.15) is 10.2 Å². The molecule has 2 N–H and O–H groups in total. The molecule has 4 aromatic rings. The van der Waals surface area contributed by atoms with E-state index in [0.717, 1.165) is 16.9 Å². The van der Waals surface area contributed by atoms with Crippen molar-refractivity contribution in [2.45, 2.75) is 6.92 Å². The molecule has 0 aliphatic rings. The Bertz CT molecular complexity index is 959. The Balaban J connectivity index is 1.73. The summed E-state index contributed by atoms with van der Waals surface area (Å²) in [7, 11) is 0. The Kier molecular flexibility index (Phi) is 3.24. The average Bonchev–Trinajstić information content (AvgIpc) is 3.00. The number of nitrogens with one attached hydrogen (secondary N) is 2. The van der Waals surface area contributed by atoms with E-state index in [1.54, 1.807) is 6.20 Å². The Morgan fingerprint density at radius 2 is 1.87 bits per heavy atom. The molecule has 112 valence electrons. The molecule has 23 heavy (non-hydrogen) atoms. The van der Waals surface area contributed by atoms with Gasteiger partial charge >= 0.3 is 0 Å². The second-order valence-corrected chi connectivity index (χ2v) is 5.39. The Morgan fingerprint density at radius 3 is 2.74 bits per heavy atom. The van der Waals surface area contributed by atoms with Crippen molar-refractivity contribution in [3.63, 3.8) is 0 Å². The van der Waals surface area contributed by atoms with Crippen molar-refractivity contribution in [3.05, 3.63) is 66.4 Å². The highest BCUT2D eigenvalue weighted by Gasteiger charge is 2.08. The van der Waals surface area contributed by atoms with E-state index < -0.39 is 0 Å². The Labute approximate surface area is 133 Å². The highest BCUT2D eigenvalue weighted by molar-refractivity contribution is 5.89. The zero-order chi connectivity index (χ0) is 15.6. The normalized spacial score (nSPS) is 10.8. The van der Waals surface area contributed by atoms with E-state index in [0.29, 0.717) is 5.65 Å². The maximum atomic E-state index is 4.28. The van der Waals surface area contributed by atoms with Gasteiger partial charge in [0, 0.05) is 5.69 Å². The molecular weight excluding hydrogens is 286 g/mol. The largest absolute Gasteiger partial charge is 0.338 e. The molecule has 2 aromatic carbocycles. The first kappa shape index (κ1) is 13.5. The Morgan fingerprint density at radius 1 is 1.00 bits per heavy atom. The summed E-state index contributed by atoms with van der Waals surface area (Å²) in [6.07, 6.45) is 1.66. The third-order valence-corrected chi connectivity index (χ3v) is 3.83. The van der Waals surface area contributed by atoms with Crippen LogP contribution in [0.2, 0.25) is 0 Å². The van der Waals surface area contributed by atoms with Crippen molar-refractivity contribution >= 4 is 22.5 Å². The zero-order valence-corrected chi connectivity index (χ0v) is 12.6. The number of fused-ring (bicyclic) bond motifs is 1. The second-order valence-electron chi connectivity index (χ2n) is 5.39. The van der Waals surface area contributed by atoms with E-state index in [-0.39, 0.29) is 0 Å². The standard InChI is InChI=1S/C18H15N5/c1-12-7-8-14(11-16(12)13-5-3-2-4-6-13)20-17-15-9-10-19-21-18(15)23-22-17/h2-11H,1H3,(H2,20,21,22,23). The van der Waals surface area contributed by atoms with Gasteiger partial charge in [-0.15, -0.1) is 5.10 Å². The van der Waals surface area contributed by atoms with Gasteiger partial charge in [-0.05, 0) is 41.8 Å². The highest BCUT2D eigenvalue weighted by Crippen LogP contribution is 2.29. The van der Waals surface area contributed by atoms with Crippen LogP contribution in [-0.2, 0) is 0 Å². The van der Waals surface area contributed by atoms with Crippen molar-refractivity contribution in [2.75, 3.05) is 5.32 Å². The molecule has 0 saturated carbocycles. The zero-order valence-electron chi connectivity index (χ0n) is 12.6. The fourth-order valence-electron chi connectivity index (χ4n) is 2.63. The maximum Gasteiger partial charge on any atom is 0.180 e. The number of nitrogens with zero attached hydrogens (tertiary/aromatic N) is 3. The number of aromatic nitrogens is 4. The molecule has 5 heteroatoms. The molecule has 0 saturated heterocycles. The van der Waals surface area contributed by atoms with Gasteiger partial charge in [-0.25, -0.2) is 0 Å². The number of benzene rings is 2. The summed E-state index contributed by atoms with van der Waals surface area (Å²) < 4.78 is 0. The first-order valence-corrected chi connectivity index (χ1v) is 7.40. The van der Waals surface area contributed by atoms with Crippen molar-refractivity contribution in [3.8, 4) is 11.1 Å². The predicted octanol–water partition coefficient (Wildman–Crippen LogP) is 4.07. The third-order valence-electron chi connectivity index (χ3n) is 3.83. The molecule has 0 unspecified atom stereocenters. The first-order chi connectivity index (χ1) is 11.3. The second kappa shape index (κ2) is 5.53. The third kappa shape index (κ3) is 2.53. The van der Waals surface area contributed by atoms with Gasteiger partial charge in [0.05, 0.1) is 11.6 Å². The van der Waals surface area contributed by atoms with E-state index >= 15 is 0 Å². The molecule has 0 atom stereocenters. The molecule has 0 aliphatic carbocycles. The van der Waals surface area contributed by atoms with Crippen LogP contribution in [-0.4, -0.2) is 20.4 Å². The summed E-state index contributed by atoms with van der Waals surface area (Å²) in [4.78, 5) is 0. The number of rotatable bonds is 3. The lowest BCUT2D eigenvalue weighted by molar-refractivity contribution is 1.02. The van der Waals surface area contributed by atoms with Crippen molar-refractivity contribution in [1.82, 2.24) is 20.4 Å². The summed E-state index contributed by atoms with van der Waals surface area (Å²) in [5.74, 6) is 0.748.